The number of pyridine rings is 1. The van der Waals surface area contributed by atoms with Gasteiger partial charge in [-0.15, -0.1) is 0 Å². The summed E-state index contributed by atoms with van der Waals surface area (Å²) in [6.07, 6.45) is 8.29. The van der Waals surface area contributed by atoms with Crippen molar-refractivity contribution in [3.05, 3.63) is 24.0 Å². The molecule has 1 aliphatic carbocycles. The molecule has 1 aliphatic rings. The van der Waals surface area contributed by atoms with E-state index in [0.29, 0.717) is 11.0 Å². The normalized spacial score (nSPS) is 17.9. The van der Waals surface area contributed by atoms with Crippen LogP contribution in [-0.4, -0.2) is 17.4 Å². The number of carbonyl (C=O) groups excluding carboxylic acids is 1. The Kier molecular flexibility index (Phi) is 3.31. The first kappa shape index (κ1) is 11.9. The van der Waals surface area contributed by atoms with E-state index in [9.17, 15) is 4.79 Å². The summed E-state index contributed by atoms with van der Waals surface area (Å²) in [5.74, 6) is -0.433. The molecule has 17 heavy (non-hydrogen) atoms. The average Bonchev–Trinajstić information content (AvgIpc) is 2.74. The molecule has 1 saturated carbocycles. The Morgan fingerprint density at radius 1 is 1.53 bits per heavy atom. The van der Waals surface area contributed by atoms with Crippen LogP contribution in [0.3, 0.4) is 0 Å². The zero-order valence-corrected chi connectivity index (χ0v) is 10.2. The van der Waals surface area contributed by atoms with Crippen LogP contribution in [0.2, 0.25) is 0 Å². The van der Waals surface area contributed by atoms with E-state index in [1.807, 2.05) is 0 Å². The van der Waals surface area contributed by atoms with Crippen LogP contribution in [0.5, 0.6) is 0 Å². The molecule has 4 heteroatoms. The summed E-state index contributed by atoms with van der Waals surface area (Å²) in [6, 6.07) is 1.80. The molecule has 0 saturated heterocycles. The van der Waals surface area contributed by atoms with E-state index < -0.39 is 5.91 Å². The molecule has 0 radical (unpaired) electrons. The highest BCUT2D eigenvalue weighted by atomic mass is 16.1. The summed E-state index contributed by atoms with van der Waals surface area (Å²) in [5, 5.41) is 3.34. The van der Waals surface area contributed by atoms with E-state index in [2.05, 4.69) is 17.2 Å². The minimum atomic E-state index is -0.433. The lowest BCUT2D eigenvalue weighted by Gasteiger charge is -2.24. The Hall–Kier alpha value is -1.58. The Morgan fingerprint density at radius 3 is 2.88 bits per heavy atom. The molecule has 1 amide bonds. The molecular formula is C13H19N3O. The molecule has 0 aromatic carbocycles. The van der Waals surface area contributed by atoms with Crippen LogP contribution in [0, 0.1) is 5.41 Å². The number of rotatable bonds is 4. The first-order valence-electron chi connectivity index (χ1n) is 6.08. The van der Waals surface area contributed by atoms with Crippen LogP contribution in [0.1, 0.15) is 43.0 Å². The molecular weight excluding hydrogens is 214 g/mol. The van der Waals surface area contributed by atoms with Gasteiger partial charge in [-0.05, 0) is 24.3 Å². The standard InChI is InChI=1S/C13H19N3O/c1-13(5-2-3-6-13)9-16-11-4-7-15-8-10(11)12(14)17/h4,7-8H,2-3,5-6,9H2,1H3,(H2,14,17)(H,15,16). The van der Waals surface area contributed by atoms with Crippen molar-refractivity contribution in [2.75, 3.05) is 11.9 Å². The molecule has 2 rings (SSSR count). The molecule has 0 unspecified atom stereocenters. The first-order valence-corrected chi connectivity index (χ1v) is 6.08. The van der Waals surface area contributed by atoms with Gasteiger partial charge in [0, 0.05) is 18.9 Å². The number of aromatic nitrogens is 1. The second-order valence-corrected chi connectivity index (χ2v) is 5.16. The summed E-state index contributed by atoms with van der Waals surface area (Å²) in [7, 11) is 0. The van der Waals surface area contributed by atoms with Crippen LogP contribution < -0.4 is 11.1 Å². The maximum absolute atomic E-state index is 11.2. The van der Waals surface area contributed by atoms with Gasteiger partial charge in [-0.1, -0.05) is 19.8 Å². The third-order valence-corrected chi connectivity index (χ3v) is 3.60. The van der Waals surface area contributed by atoms with Crippen LogP contribution >= 0.6 is 0 Å². The number of anilines is 1. The first-order chi connectivity index (χ1) is 8.11. The number of nitrogens with zero attached hydrogens (tertiary/aromatic N) is 1. The molecule has 0 aliphatic heterocycles. The molecule has 1 fully saturated rings. The van der Waals surface area contributed by atoms with Gasteiger partial charge < -0.3 is 11.1 Å². The zero-order chi connectivity index (χ0) is 12.3. The number of primary amides is 1. The van der Waals surface area contributed by atoms with Crippen LogP contribution in [0.25, 0.3) is 0 Å². The number of hydrogen-bond acceptors (Lipinski definition) is 3. The number of amides is 1. The molecule has 92 valence electrons. The molecule has 1 heterocycles. The predicted molar refractivity (Wildman–Crippen MR) is 67.8 cm³/mol. The average molecular weight is 233 g/mol. The Morgan fingerprint density at radius 2 is 2.24 bits per heavy atom. The highest BCUT2D eigenvalue weighted by Crippen LogP contribution is 2.37. The van der Waals surface area contributed by atoms with Gasteiger partial charge in [0.2, 0.25) is 0 Å². The Labute approximate surface area is 102 Å². The van der Waals surface area contributed by atoms with Crippen molar-refractivity contribution >= 4 is 11.6 Å². The van der Waals surface area contributed by atoms with E-state index in [4.69, 9.17) is 5.73 Å². The van der Waals surface area contributed by atoms with Crippen molar-refractivity contribution in [3.8, 4) is 0 Å². The van der Waals surface area contributed by atoms with Crippen molar-refractivity contribution in [1.29, 1.82) is 0 Å². The van der Waals surface area contributed by atoms with Gasteiger partial charge in [-0.25, -0.2) is 0 Å². The molecule has 0 bridgehead atoms. The number of hydrogen-bond donors (Lipinski definition) is 2. The minimum Gasteiger partial charge on any atom is -0.384 e. The zero-order valence-electron chi connectivity index (χ0n) is 10.2. The van der Waals surface area contributed by atoms with Gasteiger partial charge in [-0.3, -0.25) is 9.78 Å². The van der Waals surface area contributed by atoms with Crippen LogP contribution in [0.4, 0.5) is 5.69 Å². The van der Waals surface area contributed by atoms with Gasteiger partial charge in [0.1, 0.15) is 0 Å². The largest absolute Gasteiger partial charge is 0.384 e. The fourth-order valence-electron chi connectivity index (χ4n) is 2.46. The lowest BCUT2D eigenvalue weighted by Crippen LogP contribution is -2.24. The smallest absolute Gasteiger partial charge is 0.252 e. The highest BCUT2D eigenvalue weighted by Gasteiger charge is 2.28. The number of nitrogens with two attached hydrogens (primary N) is 1. The van der Waals surface area contributed by atoms with E-state index in [1.54, 1.807) is 12.3 Å². The second kappa shape index (κ2) is 4.73. The lowest BCUT2D eigenvalue weighted by atomic mass is 9.89. The van der Waals surface area contributed by atoms with E-state index in [1.165, 1.54) is 31.9 Å². The third-order valence-electron chi connectivity index (χ3n) is 3.60. The van der Waals surface area contributed by atoms with Crippen molar-refractivity contribution in [3.63, 3.8) is 0 Å². The van der Waals surface area contributed by atoms with Gasteiger partial charge in [0.15, 0.2) is 0 Å². The topological polar surface area (TPSA) is 68.0 Å². The minimum absolute atomic E-state index is 0.345. The van der Waals surface area contributed by atoms with E-state index in [-0.39, 0.29) is 0 Å². The molecule has 1 aromatic heterocycles. The van der Waals surface area contributed by atoms with Crippen molar-refractivity contribution in [2.45, 2.75) is 32.6 Å². The maximum Gasteiger partial charge on any atom is 0.252 e. The molecule has 4 nitrogen and oxygen atoms in total. The fraction of sp³-hybridized carbons (Fsp3) is 0.538. The fourth-order valence-corrected chi connectivity index (χ4v) is 2.46. The molecule has 1 aromatic rings. The quantitative estimate of drug-likeness (QED) is 0.837. The van der Waals surface area contributed by atoms with Crippen LogP contribution in [-0.2, 0) is 0 Å². The van der Waals surface area contributed by atoms with Crippen molar-refractivity contribution in [1.82, 2.24) is 4.98 Å². The maximum atomic E-state index is 11.2. The third kappa shape index (κ3) is 2.75. The summed E-state index contributed by atoms with van der Waals surface area (Å²) in [4.78, 5) is 15.2. The van der Waals surface area contributed by atoms with Gasteiger partial charge in [-0.2, -0.15) is 0 Å². The molecule has 3 N–H and O–H groups in total. The van der Waals surface area contributed by atoms with Crippen molar-refractivity contribution in [2.24, 2.45) is 11.1 Å². The SMILES string of the molecule is CC1(CNc2ccncc2C(N)=O)CCCC1. The number of nitrogens with one attached hydrogen (secondary N) is 1. The Balaban J connectivity index is 2.06. The monoisotopic (exact) mass is 233 g/mol. The van der Waals surface area contributed by atoms with E-state index in [0.717, 1.165) is 12.2 Å². The van der Waals surface area contributed by atoms with Crippen LogP contribution in [0.15, 0.2) is 18.5 Å². The van der Waals surface area contributed by atoms with Crippen molar-refractivity contribution < 1.29 is 4.79 Å². The van der Waals surface area contributed by atoms with Gasteiger partial charge >= 0.3 is 0 Å². The summed E-state index contributed by atoms with van der Waals surface area (Å²) in [6.45, 7) is 3.18. The molecule has 0 atom stereocenters. The van der Waals surface area contributed by atoms with Gasteiger partial charge in [0.25, 0.3) is 5.91 Å². The summed E-state index contributed by atoms with van der Waals surface area (Å²) in [5.41, 5.74) is 6.92. The Bertz CT molecular complexity index is 411. The lowest BCUT2D eigenvalue weighted by molar-refractivity contribution is 0.100. The summed E-state index contributed by atoms with van der Waals surface area (Å²) < 4.78 is 0. The predicted octanol–water partition coefficient (Wildman–Crippen LogP) is 2.17. The van der Waals surface area contributed by atoms with Gasteiger partial charge in [0.05, 0.1) is 11.3 Å². The molecule has 0 spiro atoms. The summed E-state index contributed by atoms with van der Waals surface area (Å²) >= 11 is 0. The highest BCUT2D eigenvalue weighted by molar-refractivity contribution is 5.98. The second-order valence-electron chi connectivity index (χ2n) is 5.16. The number of carbonyl (C=O) groups is 1. The van der Waals surface area contributed by atoms with E-state index >= 15 is 0 Å².